The number of sulfone groups is 1. The van der Waals surface area contributed by atoms with Crippen molar-refractivity contribution in [2.45, 2.75) is 37.5 Å². The molecule has 2 rings (SSSR count). The van der Waals surface area contributed by atoms with Gasteiger partial charge in [-0.05, 0) is 36.9 Å². The van der Waals surface area contributed by atoms with E-state index in [0.29, 0.717) is 24.4 Å². The number of aliphatic imine (C=N–C) groups is 1. The van der Waals surface area contributed by atoms with E-state index in [2.05, 4.69) is 47.0 Å². The standard InChI is InChI=1S/C20H29N3O2S2/c1-4-21-19(23-16-20(2,3)18-12-8-14-26-18)22-13-9-15-27(24,25)17-10-6-5-7-11-17/h5-8,10-12,14H,4,9,13,15-16H2,1-3H3,(H2,21,22,23). The van der Waals surface area contributed by atoms with Crippen molar-refractivity contribution >= 4 is 27.1 Å². The third-order valence-electron chi connectivity index (χ3n) is 4.15. The molecule has 7 heteroatoms. The lowest BCUT2D eigenvalue weighted by Gasteiger charge is -2.21. The molecule has 1 aromatic carbocycles. The number of hydrogen-bond donors (Lipinski definition) is 2. The highest BCUT2D eigenvalue weighted by molar-refractivity contribution is 7.91. The molecule has 0 atom stereocenters. The van der Waals surface area contributed by atoms with E-state index in [9.17, 15) is 8.42 Å². The van der Waals surface area contributed by atoms with E-state index in [-0.39, 0.29) is 11.2 Å². The maximum atomic E-state index is 12.3. The average molecular weight is 408 g/mol. The van der Waals surface area contributed by atoms with E-state index < -0.39 is 9.84 Å². The average Bonchev–Trinajstić information content (AvgIpc) is 3.20. The van der Waals surface area contributed by atoms with Crippen LogP contribution in [-0.4, -0.2) is 39.8 Å². The van der Waals surface area contributed by atoms with E-state index >= 15 is 0 Å². The second kappa shape index (κ2) is 9.90. The first-order valence-electron chi connectivity index (χ1n) is 9.19. The number of benzene rings is 1. The summed E-state index contributed by atoms with van der Waals surface area (Å²) in [6.07, 6.45) is 0.524. The van der Waals surface area contributed by atoms with Gasteiger partial charge in [0, 0.05) is 23.4 Å². The summed E-state index contributed by atoms with van der Waals surface area (Å²) in [5, 5.41) is 8.54. The zero-order valence-electron chi connectivity index (χ0n) is 16.2. The number of nitrogens with zero attached hydrogens (tertiary/aromatic N) is 1. The van der Waals surface area contributed by atoms with E-state index in [1.165, 1.54) is 4.88 Å². The zero-order chi connectivity index (χ0) is 19.8. The zero-order valence-corrected chi connectivity index (χ0v) is 17.9. The minimum atomic E-state index is -3.23. The van der Waals surface area contributed by atoms with E-state index in [4.69, 9.17) is 0 Å². The Morgan fingerprint density at radius 1 is 1.11 bits per heavy atom. The highest BCUT2D eigenvalue weighted by Crippen LogP contribution is 2.27. The summed E-state index contributed by atoms with van der Waals surface area (Å²) >= 11 is 1.74. The summed E-state index contributed by atoms with van der Waals surface area (Å²) in [6, 6.07) is 12.8. The van der Waals surface area contributed by atoms with Crippen LogP contribution in [0.4, 0.5) is 0 Å². The number of nitrogens with one attached hydrogen (secondary N) is 2. The topological polar surface area (TPSA) is 70.6 Å². The lowest BCUT2D eigenvalue weighted by molar-refractivity contribution is 0.548. The first-order chi connectivity index (χ1) is 12.8. The predicted octanol–water partition coefficient (Wildman–Crippen LogP) is 3.44. The monoisotopic (exact) mass is 407 g/mol. The second-order valence-electron chi connectivity index (χ2n) is 6.97. The molecule has 0 aliphatic carbocycles. The molecule has 0 saturated heterocycles. The number of guanidine groups is 1. The van der Waals surface area contributed by atoms with Crippen LogP contribution in [0.25, 0.3) is 0 Å². The van der Waals surface area contributed by atoms with Crippen LogP contribution in [-0.2, 0) is 15.3 Å². The van der Waals surface area contributed by atoms with Crippen molar-refractivity contribution in [3.05, 3.63) is 52.7 Å². The molecule has 0 fully saturated rings. The SMILES string of the molecule is CCNC(=NCC(C)(C)c1cccs1)NCCCS(=O)(=O)c1ccccc1. The molecule has 2 N–H and O–H groups in total. The quantitative estimate of drug-likeness (QED) is 0.379. The molecular weight excluding hydrogens is 378 g/mol. The second-order valence-corrected chi connectivity index (χ2v) is 10.0. The molecule has 0 saturated carbocycles. The smallest absolute Gasteiger partial charge is 0.191 e. The van der Waals surface area contributed by atoms with Gasteiger partial charge in [0.25, 0.3) is 0 Å². The molecule has 0 radical (unpaired) electrons. The fraction of sp³-hybridized carbons (Fsp3) is 0.450. The molecule has 0 aliphatic rings. The molecule has 0 aliphatic heterocycles. The third kappa shape index (κ3) is 6.66. The Morgan fingerprint density at radius 2 is 1.85 bits per heavy atom. The van der Waals surface area contributed by atoms with Crippen LogP contribution in [0.2, 0.25) is 0 Å². The molecule has 148 valence electrons. The van der Waals surface area contributed by atoms with Crippen molar-refractivity contribution < 1.29 is 8.42 Å². The number of hydrogen-bond acceptors (Lipinski definition) is 4. The highest BCUT2D eigenvalue weighted by Gasteiger charge is 2.21. The molecule has 0 bridgehead atoms. The van der Waals surface area contributed by atoms with Crippen molar-refractivity contribution in [2.24, 2.45) is 4.99 Å². The Balaban J connectivity index is 1.87. The maximum Gasteiger partial charge on any atom is 0.191 e. The van der Waals surface area contributed by atoms with Gasteiger partial charge in [-0.3, -0.25) is 4.99 Å². The third-order valence-corrected chi connectivity index (χ3v) is 7.20. The predicted molar refractivity (Wildman–Crippen MR) is 114 cm³/mol. The summed E-state index contributed by atoms with van der Waals surface area (Å²) in [6.45, 7) is 8.34. The molecule has 1 heterocycles. The fourth-order valence-electron chi connectivity index (χ4n) is 2.57. The van der Waals surface area contributed by atoms with Gasteiger partial charge in [-0.1, -0.05) is 38.1 Å². The minimum Gasteiger partial charge on any atom is -0.357 e. The lowest BCUT2D eigenvalue weighted by Crippen LogP contribution is -2.39. The van der Waals surface area contributed by atoms with Crippen LogP contribution in [0.15, 0.2) is 57.7 Å². The van der Waals surface area contributed by atoms with Gasteiger partial charge < -0.3 is 10.6 Å². The van der Waals surface area contributed by atoms with Gasteiger partial charge in [0.05, 0.1) is 17.2 Å². The van der Waals surface area contributed by atoms with Crippen LogP contribution in [0, 0.1) is 0 Å². The highest BCUT2D eigenvalue weighted by atomic mass is 32.2. The van der Waals surface area contributed by atoms with Crippen LogP contribution >= 0.6 is 11.3 Å². The summed E-state index contributed by atoms with van der Waals surface area (Å²) in [5.41, 5.74) is -0.0346. The van der Waals surface area contributed by atoms with E-state index in [0.717, 1.165) is 12.5 Å². The summed E-state index contributed by atoms with van der Waals surface area (Å²) in [5.74, 6) is 0.837. The molecule has 0 unspecified atom stereocenters. The van der Waals surface area contributed by atoms with Crippen molar-refractivity contribution in [3.8, 4) is 0 Å². The summed E-state index contributed by atoms with van der Waals surface area (Å²) in [4.78, 5) is 6.36. The van der Waals surface area contributed by atoms with Crippen molar-refractivity contribution in [3.63, 3.8) is 0 Å². The normalized spacial score (nSPS) is 12.8. The van der Waals surface area contributed by atoms with Crippen LogP contribution in [0.1, 0.15) is 32.1 Å². The molecule has 2 aromatic rings. The Kier molecular flexibility index (Phi) is 7.86. The van der Waals surface area contributed by atoms with E-state index in [1.807, 2.05) is 13.0 Å². The largest absolute Gasteiger partial charge is 0.357 e. The first-order valence-corrected chi connectivity index (χ1v) is 11.7. The Labute approximate surface area is 166 Å². The van der Waals surface area contributed by atoms with Gasteiger partial charge in [0.15, 0.2) is 15.8 Å². The first kappa shape index (κ1) is 21.4. The Bertz CT molecular complexity index is 814. The molecule has 27 heavy (non-hydrogen) atoms. The Hall–Kier alpha value is -1.86. The molecule has 0 spiro atoms. The van der Waals surface area contributed by atoms with Gasteiger partial charge in [-0.2, -0.15) is 0 Å². The molecule has 1 aromatic heterocycles. The van der Waals surface area contributed by atoms with Crippen molar-refractivity contribution in [1.82, 2.24) is 10.6 Å². The number of thiophene rings is 1. The van der Waals surface area contributed by atoms with Crippen LogP contribution < -0.4 is 10.6 Å². The van der Waals surface area contributed by atoms with Gasteiger partial charge in [-0.15, -0.1) is 11.3 Å². The van der Waals surface area contributed by atoms with Gasteiger partial charge in [0.2, 0.25) is 0 Å². The fourth-order valence-corrected chi connectivity index (χ4v) is 4.75. The molecule has 0 amide bonds. The van der Waals surface area contributed by atoms with Gasteiger partial charge in [0.1, 0.15) is 0 Å². The van der Waals surface area contributed by atoms with Gasteiger partial charge >= 0.3 is 0 Å². The number of rotatable bonds is 9. The molecular formula is C20H29N3O2S2. The van der Waals surface area contributed by atoms with Crippen molar-refractivity contribution in [2.75, 3.05) is 25.4 Å². The maximum absolute atomic E-state index is 12.3. The van der Waals surface area contributed by atoms with Crippen molar-refractivity contribution in [1.29, 1.82) is 0 Å². The molecule has 5 nitrogen and oxygen atoms in total. The minimum absolute atomic E-state index is 0.0346. The summed E-state index contributed by atoms with van der Waals surface area (Å²) < 4.78 is 24.6. The van der Waals surface area contributed by atoms with Gasteiger partial charge in [-0.25, -0.2) is 8.42 Å². The van der Waals surface area contributed by atoms with E-state index in [1.54, 1.807) is 35.6 Å². The lowest BCUT2D eigenvalue weighted by atomic mass is 9.92. The summed E-state index contributed by atoms with van der Waals surface area (Å²) in [7, 11) is -3.23. The van der Waals surface area contributed by atoms with Crippen LogP contribution in [0.3, 0.4) is 0 Å². The van der Waals surface area contributed by atoms with Crippen LogP contribution in [0.5, 0.6) is 0 Å². The Morgan fingerprint density at radius 3 is 2.48 bits per heavy atom.